The molecule has 1 aromatic carbocycles. The fourth-order valence-electron chi connectivity index (χ4n) is 2.33. The molecule has 4 nitrogen and oxygen atoms in total. The first kappa shape index (κ1) is 14.6. The lowest BCUT2D eigenvalue weighted by Gasteiger charge is -2.19. The van der Waals surface area contributed by atoms with Crippen molar-refractivity contribution in [3.63, 3.8) is 0 Å². The maximum atomic E-state index is 6.44. The third-order valence-corrected chi connectivity index (χ3v) is 3.17. The SMILES string of the molecule is CCn1nc(C)cc1C(N)c1ccccc1OC(C)C. The second-order valence-electron chi connectivity index (χ2n) is 5.21. The van der Waals surface area contributed by atoms with E-state index in [2.05, 4.69) is 12.0 Å². The summed E-state index contributed by atoms with van der Waals surface area (Å²) in [7, 11) is 0. The van der Waals surface area contributed by atoms with Crippen LogP contribution in [0.25, 0.3) is 0 Å². The Morgan fingerprint density at radius 2 is 2.00 bits per heavy atom. The number of hydrogen-bond donors (Lipinski definition) is 1. The number of para-hydroxylation sites is 1. The molecule has 1 unspecified atom stereocenters. The van der Waals surface area contributed by atoms with Gasteiger partial charge in [-0.3, -0.25) is 4.68 Å². The quantitative estimate of drug-likeness (QED) is 0.911. The minimum absolute atomic E-state index is 0.126. The molecule has 2 rings (SSSR count). The Balaban J connectivity index is 2.39. The van der Waals surface area contributed by atoms with Gasteiger partial charge in [-0.15, -0.1) is 0 Å². The molecular formula is C16H23N3O. The van der Waals surface area contributed by atoms with Gasteiger partial charge in [0.2, 0.25) is 0 Å². The second kappa shape index (κ2) is 6.09. The van der Waals surface area contributed by atoms with Crippen LogP contribution >= 0.6 is 0 Å². The standard InChI is InChI=1S/C16H23N3O/c1-5-19-14(10-12(4)18-19)16(17)13-8-6-7-9-15(13)20-11(2)3/h6-11,16H,5,17H2,1-4H3. The predicted molar refractivity (Wildman–Crippen MR) is 80.9 cm³/mol. The van der Waals surface area contributed by atoms with Gasteiger partial charge in [0.25, 0.3) is 0 Å². The molecule has 108 valence electrons. The highest BCUT2D eigenvalue weighted by molar-refractivity contribution is 5.40. The first-order valence-electron chi connectivity index (χ1n) is 7.08. The Bertz CT molecular complexity index is 575. The molecule has 20 heavy (non-hydrogen) atoms. The Kier molecular flexibility index (Phi) is 4.45. The molecule has 2 aromatic rings. The van der Waals surface area contributed by atoms with Crippen molar-refractivity contribution < 1.29 is 4.74 Å². The number of nitrogens with zero attached hydrogens (tertiary/aromatic N) is 2. The molecule has 0 saturated heterocycles. The maximum absolute atomic E-state index is 6.44. The van der Waals surface area contributed by atoms with Crippen LogP contribution in [0.2, 0.25) is 0 Å². The van der Waals surface area contributed by atoms with Crippen LogP contribution in [0.5, 0.6) is 5.75 Å². The highest BCUT2D eigenvalue weighted by Gasteiger charge is 2.18. The zero-order valence-corrected chi connectivity index (χ0v) is 12.6. The summed E-state index contributed by atoms with van der Waals surface area (Å²) in [6, 6.07) is 9.75. The van der Waals surface area contributed by atoms with Crippen LogP contribution in [0.4, 0.5) is 0 Å². The minimum atomic E-state index is -0.230. The maximum Gasteiger partial charge on any atom is 0.124 e. The van der Waals surface area contributed by atoms with E-state index in [-0.39, 0.29) is 12.1 Å². The van der Waals surface area contributed by atoms with E-state index in [0.29, 0.717) is 0 Å². The molecule has 4 heteroatoms. The summed E-state index contributed by atoms with van der Waals surface area (Å²) in [5.41, 5.74) is 9.44. The van der Waals surface area contributed by atoms with E-state index in [1.807, 2.05) is 55.8 Å². The number of aryl methyl sites for hydroxylation is 2. The summed E-state index contributed by atoms with van der Waals surface area (Å²) >= 11 is 0. The topological polar surface area (TPSA) is 53.1 Å². The number of aromatic nitrogens is 2. The number of hydrogen-bond acceptors (Lipinski definition) is 3. The van der Waals surface area contributed by atoms with Gasteiger partial charge >= 0.3 is 0 Å². The zero-order valence-electron chi connectivity index (χ0n) is 12.6. The van der Waals surface area contributed by atoms with Crippen molar-refractivity contribution in [1.29, 1.82) is 0 Å². The van der Waals surface area contributed by atoms with Crippen LogP contribution in [0.1, 0.15) is 43.8 Å². The summed E-state index contributed by atoms with van der Waals surface area (Å²) in [5, 5.41) is 4.46. The van der Waals surface area contributed by atoms with Gasteiger partial charge in [0.1, 0.15) is 5.75 Å². The number of rotatable bonds is 5. The first-order valence-corrected chi connectivity index (χ1v) is 7.08. The normalized spacial score (nSPS) is 12.7. The highest BCUT2D eigenvalue weighted by atomic mass is 16.5. The molecule has 0 aliphatic heterocycles. The van der Waals surface area contributed by atoms with Crippen molar-refractivity contribution in [1.82, 2.24) is 9.78 Å². The minimum Gasteiger partial charge on any atom is -0.491 e. The molecule has 0 fully saturated rings. The summed E-state index contributed by atoms with van der Waals surface area (Å²) in [6.45, 7) is 8.90. The summed E-state index contributed by atoms with van der Waals surface area (Å²) in [5.74, 6) is 0.844. The lowest BCUT2D eigenvalue weighted by atomic mass is 10.0. The van der Waals surface area contributed by atoms with Crippen molar-refractivity contribution in [2.75, 3.05) is 0 Å². The van der Waals surface area contributed by atoms with Crippen molar-refractivity contribution in [2.24, 2.45) is 5.73 Å². The largest absolute Gasteiger partial charge is 0.491 e. The number of ether oxygens (including phenoxy) is 1. The molecule has 0 saturated carbocycles. The smallest absolute Gasteiger partial charge is 0.124 e. The average Bonchev–Trinajstić information content (AvgIpc) is 2.79. The van der Waals surface area contributed by atoms with Gasteiger partial charge in [-0.05, 0) is 39.8 Å². The highest BCUT2D eigenvalue weighted by Crippen LogP contribution is 2.29. The van der Waals surface area contributed by atoms with Crippen molar-refractivity contribution >= 4 is 0 Å². The Labute approximate surface area is 120 Å². The zero-order chi connectivity index (χ0) is 14.7. The second-order valence-corrected chi connectivity index (χ2v) is 5.21. The van der Waals surface area contributed by atoms with Gasteiger partial charge in [-0.25, -0.2) is 0 Å². The van der Waals surface area contributed by atoms with Gasteiger partial charge in [-0.2, -0.15) is 5.10 Å². The number of nitrogens with two attached hydrogens (primary N) is 1. The molecule has 1 atom stereocenters. The molecule has 0 spiro atoms. The van der Waals surface area contributed by atoms with Gasteiger partial charge in [0.05, 0.1) is 23.5 Å². The van der Waals surface area contributed by atoms with E-state index >= 15 is 0 Å². The van der Waals surface area contributed by atoms with Gasteiger partial charge in [0.15, 0.2) is 0 Å². The van der Waals surface area contributed by atoms with Crippen LogP contribution in [-0.4, -0.2) is 15.9 Å². The van der Waals surface area contributed by atoms with Crippen LogP contribution in [0, 0.1) is 6.92 Å². The van der Waals surface area contributed by atoms with Crippen molar-refractivity contribution in [2.45, 2.75) is 46.4 Å². The lowest BCUT2D eigenvalue weighted by Crippen LogP contribution is -2.19. The molecule has 1 heterocycles. The van der Waals surface area contributed by atoms with Gasteiger partial charge < -0.3 is 10.5 Å². The molecule has 0 aliphatic rings. The van der Waals surface area contributed by atoms with Crippen LogP contribution in [-0.2, 0) is 6.54 Å². The van der Waals surface area contributed by atoms with E-state index in [9.17, 15) is 0 Å². The van der Waals surface area contributed by atoms with E-state index in [4.69, 9.17) is 10.5 Å². The van der Waals surface area contributed by atoms with Crippen LogP contribution < -0.4 is 10.5 Å². The third kappa shape index (κ3) is 3.02. The van der Waals surface area contributed by atoms with E-state index in [1.165, 1.54) is 0 Å². The summed E-state index contributed by atoms with van der Waals surface area (Å²) in [4.78, 5) is 0. The van der Waals surface area contributed by atoms with E-state index in [1.54, 1.807) is 0 Å². The third-order valence-electron chi connectivity index (χ3n) is 3.17. The number of benzene rings is 1. The van der Waals surface area contributed by atoms with Gasteiger partial charge in [0, 0.05) is 12.1 Å². The Hall–Kier alpha value is -1.81. The molecule has 0 radical (unpaired) electrons. The molecule has 0 aliphatic carbocycles. The molecule has 0 bridgehead atoms. The van der Waals surface area contributed by atoms with E-state index in [0.717, 1.165) is 29.2 Å². The summed E-state index contributed by atoms with van der Waals surface area (Å²) < 4.78 is 7.81. The van der Waals surface area contributed by atoms with Crippen molar-refractivity contribution in [3.8, 4) is 5.75 Å². The summed E-state index contributed by atoms with van der Waals surface area (Å²) in [6.07, 6.45) is 0.126. The lowest BCUT2D eigenvalue weighted by molar-refractivity contribution is 0.239. The molecular weight excluding hydrogens is 250 g/mol. The average molecular weight is 273 g/mol. The van der Waals surface area contributed by atoms with Gasteiger partial charge in [-0.1, -0.05) is 18.2 Å². The fraction of sp³-hybridized carbons (Fsp3) is 0.438. The molecule has 0 amide bonds. The Morgan fingerprint density at radius 3 is 2.65 bits per heavy atom. The van der Waals surface area contributed by atoms with Crippen LogP contribution in [0.3, 0.4) is 0 Å². The Morgan fingerprint density at radius 1 is 1.30 bits per heavy atom. The van der Waals surface area contributed by atoms with Crippen LogP contribution in [0.15, 0.2) is 30.3 Å². The van der Waals surface area contributed by atoms with Crippen molar-refractivity contribution in [3.05, 3.63) is 47.3 Å². The molecule has 1 aromatic heterocycles. The van der Waals surface area contributed by atoms with E-state index < -0.39 is 0 Å². The first-order chi connectivity index (χ1) is 9.52. The molecule has 2 N–H and O–H groups in total. The predicted octanol–water partition coefficient (Wildman–Crippen LogP) is 3.05. The fourth-order valence-corrected chi connectivity index (χ4v) is 2.33. The monoisotopic (exact) mass is 273 g/mol.